The third-order valence-corrected chi connectivity index (χ3v) is 3.06. The number of amides is 1. The van der Waals surface area contributed by atoms with Gasteiger partial charge in [0.1, 0.15) is 11.8 Å². The Morgan fingerprint density at radius 3 is 2.95 bits per heavy atom. The number of carbonyl (C=O) groups excluding carboxylic acids is 1. The number of hydrogen-bond donors (Lipinski definition) is 1. The number of pyridine rings is 1. The maximum Gasteiger partial charge on any atom is 0.255 e. The van der Waals surface area contributed by atoms with Crippen molar-refractivity contribution in [3.05, 3.63) is 58.4 Å². The summed E-state index contributed by atoms with van der Waals surface area (Å²) in [5.74, 6) is -0.302. The van der Waals surface area contributed by atoms with Crippen LogP contribution in [-0.2, 0) is 0 Å². The Morgan fingerprint density at radius 2 is 2.21 bits per heavy atom. The highest BCUT2D eigenvalue weighted by Crippen LogP contribution is 2.23. The van der Waals surface area contributed by atoms with Crippen LogP contribution < -0.4 is 5.32 Å². The lowest BCUT2D eigenvalue weighted by molar-refractivity contribution is 0.102. The highest BCUT2D eigenvalue weighted by Gasteiger charge is 2.09. The maximum atomic E-state index is 12.1. The van der Waals surface area contributed by atoms with Gasteiger partial charge in [0.25, 0.3) is 5.91 Å². The van der Waals surface area contributed by atoms with Crippen LogP contribution in [0.2, 0.25) is 5.02 Å². The first-order valence-electron chi connectivity index (χ1n) is 5.54. The van der Waals surface area contributed by atoms with Crippen molar-refractivity contribution in [2.24, 2.45) is 0 Å². The molecule has 0 bridgehead atoms. The van der Waals surface area contributed by atoms with E-state index in [0.29, 0.717) is 16.3 Å². The Labute approximate surface area is 115 Å². The van der Waals surface area contributed by atoms with E-state index in [9.17, 15) is 4.79 Å². The summed E-state index contributed by atoms with van der Waals surface area (Å²) in [6.45, 7) is 1.82. The molecule has 4 nitrogen and oxygen atoms in total. The monoisotopic (exact) mass is 271 g/mol. The molecule has 1 heterocycles. The fourth-order valence-corrected chi connectivity index (χ4v) is 1.74. The van der Waals surface area contributed by atoms with Crippen LogP contribution in [0.1, 0.15) is 21.6 Å². The summed E-state index contributed by atoms with van der Waals surface area (Å²) in [5.41, 5.74) is 2.03. The van der Waals surface area contributed by atoms with Crippen LogP contribution in [0.3, 0.4) is 0 Å². The van der Waals surface area contributed by atoms with E-state index < -0.39 is 0 Å². The molecular formula is C14H10ClN3O. The van der Waals surface area contributed by atoms with Gasteiger partial charge in [0, 0.05) is 22.5 Å². The number of aromatic nitrogens is 1. The number of rotatable bonds is 2. The zero-order valence-electron chi connectivity index (χ0n) is 10.1. The van der Waals surface area contributed by atoms with Crippen LogP contribution in [0.4, 0.5) is 5.69 Å². The number of anilines is 1. The van der Waals surface area contributed by atoms with Gasteiger partial charge >= 0.3 is 0 Å². The van der Waals surface area contributed by atoms with Gasteiger partial charge in [0.05, 0.1) is 0 Å². The van der Waals surface area contributed by atoms with Gasteiger partial charge in [-0.05, 0) is 36.8 Å². The van der Waals surface area contributed by atoms with Crippen LogP contribution in [0.5, 0.6) is 0 Å². The van der Waals surface area contributed by atoms with E-state index in [0.717, 1.165) is 5.56 Å². The molecule has 0 fully saturated rings. The molecule has 0 aliphatic carbocycles. The zero-order chi connectivity index (χ0) is 13.8. The minimum Gasteiger partial charge on any atom is -0.322 e. The van der Waals surface area contributed by atoms with Crippen LogP contribution >= 0.6 is 11.6 Å². The largest absolute Gasteiger partial charge is 0.322 e. The minimum atomic E-state index is -0.302. The minimum absolute atomic E-state index is 0.204. The summed E-state index contributed by atoms with van der Waals surface area (Å²) in [4.78, 5) is 15.9. The standard InChI is InChI=1S/C14H10ClN3O/c1-9-12(15)3-2-4-13(9)18-14(19)10-5-6-17-11(7-10)8-16/h2-7H,1H3,(H,18,19). The first-order chi connectivity index (χ1) is 9.11. The molecule has 0 radical (unpaired) electrons. The van der Waals surface area contributed by atoms with Crippen molar-refractivity contribution in [2.75, 3.05) is 5.32 Å². The second kappa shape index (κ2) is 5.51. The van der Waals surface area contributed by atoms with Crippen molar-refractivity contribution in [2.45, 2.75) is 6.92 Å². The lowest BCUT2D eigenvalue weighted by atomic mass is 10.1. The van der Waals surface area contributed by atoms with Gasteiger partial charge in [-0.15, -0.1) is 0 Å². The third-order valence-electron chi connectivity index (χ3n) is 2.65. The van der Waals surface area contributed by atoms with E-state index >= 15 is 0 Å². The lowest BCUT2D eigenvalue weighted by Gasteiger charge is -2.09. The van der Waals surface area contributed by atoms with Gasteiger partial charge < -0.3 is 5.32 Å². The molecule has 1 aromatic heterocycles. The summed E-state index contributed by atoms with van der Waals surface area (Å²) in [5, 5.41) is 12.1. The fraction of sp³-hybridized carbons (Fsp3) is 0.0714. The summed E-state index contributed by atoms with van der Waals surface area (Å²) < 4.78 is 0. The Kier molecular flexibility index (Phi) is 3.79. The van der Waals surface area contributed by atoms with Crippen LogP contribution in [0, 0.1) is 18.3 Å². The first-order valence-corrected chi connectivity index (χ1v) is 5.92. The van der Waals surface area contributed by atoms with Crippen molar-refractivity contribution in [3.63, 3.8) is 0 Å². The predicted molar refractivity (Wildman–Crippen MR) is 73.1 cm³/mol. The highest BCUT2D eigenvalue weighted by atomic mass is 35.5. The SMILES string of the molecule is Cc1c(Cl)cccc1NC(=O)c1ccnc(C#N)c1. The molecule has 1 N–H and O–H groups in total. The van der Waals surface area contributed by atoms with Gasteiger partial charge in [0.15, 0.2) is 0 Å². The predicted octanol–water partition coefficient (Wildman–Crippen LogP) is 3.17. The molecule has 0 spiro atoms. The number of nitriles is 1. The molecule has 19 heavy (non-hydrogen) atoms. The molecule has 0 aliphatic heterocycles. The molecule has 0 atom stereocenters. The highest BCUT2D eigenvalue weighted by molar-refractivity contribution is 6.31. The number of hydrogen-bond acceptors (Lipinski definition) is 3. The maximum absolute atomic E-state index is 12.1. The Morgan fingerprint density at radius 1 is 1.42 bits per heavy atom. The molecule has 0 saturated carbocycles. The molecule has 5 heteroatoms. The first kappa shape index (κ1) is 13.1. The molecular weight excluding hydrogens is 262 g/mol. The van der Waals surface area contributed by atoms with Crippen molar-refractivity contribution in [1.29, 1.82) is 5.26 Å². The quantitative estimate of drug-likeness (QED) is 0.912. The van der Waals surface area contributed by atoms with Gasteiger partial charge in [0.2, 0.25) is 0 Å². The average Bonchev–Trinajstić information content (AvgIpc) is 2.44. The van der Waals surface area contributed by atoms with E-state index in [4.69, 9.17) is 16.9 Å². The Hall–Kier alpha value is -2.38. The molecule has 1 amide bonds. The second-order valence-corrected chi connectivity index (χ2v) is 4.32. The zero-order valence-corrected chi connectivity index (χ0v) is 10.9. The smallest absolute Gasteiger partial charge is 0.255 e. The molecule has 0 aliphatic rings. The van der Waals surface area contributed by atoms with E-state index in [-0.39, 0.29) is 11.6 Å². The Bertz CT molecular complexity index is 677. The number of nitrogens with zero attached hydrogens (tertiary/aromatic N) is 2. The third kappa shape index (κ3) is 2.90. The van der Waals surface area contributed by atoms with Crippen LogP contribution in [-0.4, -0.2) is 10.9 Å². The van der Waals surface area contributed by atoms with Crippen LogP contribution in [0.15, 0.2) is 36.5 Å². The number of halogens is 1. The van der Waals surface area contributed by atoms with E-state index in [1.807, 2.05) is 13.0 Å². The molecule has 1 aromatic carbocycles. The van der Waals surface area contributed by atoms with Gasteiger partial charge in [-0.25, -0.2) is 4.98 Å². The molecule has 0 saturated heterocycles. The normalized spacial score (nSPS) is 9.74. The molecule has 94 valence electrons. The van der Waals surface area contributed by atoms with Crippen molar-refractivity contribution in [3.8, 4) is 6.07 Å². The van der Waals surface area contributed by atoms with E-state index in [1.54, 1.807) is 24.3 Å². The van der Waals surface area contributed by atoms with Gasteiger partial charge in [-0.1, -0.05) is 17.7 Å². The molecule has 0 unspecified atom stereocenters. The average molecular weight is 272 g/mol. The summed E-state index contributed by atoms with van der Waals surface area (Å²) in [7, 11) is 0. The van der Waals surface area contributed by atoms with E-state index in [1.165, 1.54) is 12.3 Å². The van der Waals surface area contributed by atoms with Gasteiger partial charge in [-0.3, -0.25) is 4.79 Å². The van der Waals surface area contributed by atoms with Crippen molar-refractivity contribution >= 4 is 23.2 Å². The summed E-state index contributed by atoms with van der Waals surface area (Å²) in [6.07, 6.45) is 1.43. The van der Waals surface area contributed by atoms with Gasteiger partial charge in [-0.2, -0.15) is 5.26 Å². The molecule has 2 aromatic rings. The Balaban J connectivity index is 2.26. The summed E-state index contributed by atoms with van der Waals surface area (Å²) in [6, 6.07) is 10.2. The van der Waals surface area contributed by atoms with Crippen molar-refractivity contribution < 1.29 is 4.79 Å². The number of nitrogens with one attached hydrogen (secondary N) is 1. The fourth-order valence-electron chi connectivity index (χ4n) is 1.57. The lowest BCUT2D eigenvalue weighted by Crippen LogP contribution is -2.13. The molecule has 2 rings (SSSR count). The van der Waals surface area contributed by atoms with Crippen molar-refractivity contribution in [1.82, 2.24) is 4.98 Å². The van der Waals surface area contributed by atoms with E-state index in [2.05, 4.69) is 10.3 Å². The van der Waals surface area contributed by atoms with Crippen LogP contribution in [0.25, 0.3) is 0 Å². The topological polar surface area (TPSA) is 65.8 Å². The summed E-state index contributed by atoms with van der Waals surface area (Å²) >= 11 is 5.99. The number of benzene rings is 1. The number of carbonyl (C=O) groups is 1. The second-order valence-electron chi connectivity index (χ2n) is 3.91.